The van der Waals surface area contributed by atoms with Gasteiger partial charge in [-0.2, -0.15) is 0 Å². The topological polar surface area (TPSA) is 83.6 Å². The minimum absolute atomic E-state index is 0.0348. The lowest BCUT2D eigenvalue weighted by Gasteiger charge is -2.36. The first kappa shape index (κ1) is 17.2. The van der Waals surface area contributed by atoms with Gasteiger partial charge in [0.2, 0.25) is 5.91 Å². The molecule has 1 aliphatic rings. The molecular weight excluding hydrogens is 296 g/mol. The van der Waals surface area contributed by atoms with Crippen molar-refractivity contribution in [3.8, 4) is 0 Å². The molecule has 1 saturated heterocycles. The van der Waals surface area contributed by atoms with Crippen molar-refractivity contribution in [1.82, 2.24) is 15.6 Å². The van der Waals surface area contributed by atoms with Crippen molar-refractivity contribution in [3.05, 3.63) is 23.9 Å². The number of nitrogens with zero attached hydrogens (tertiary/aromatic N) is 2. The zero-order chi connectivity index (χ0) is 16.8. The van der Waals surface area contributed by atoms with Crippen molar-refractivity contribution < 1.29 is 14.3 Å². The second-order valence-corrected chi connectivity index (χ2v) is 5.70. The third kappa shape index (κ3) is 4.92. The number of hydrogen-bond acceptors (Lipinski definition) is 5. The minimum atomic E-state index is -0.306. The normalized spacial score (nSPS) is 20.9. The van der Waals surface area contributed by atoms with Crippen LogP contribution < -0.4 is 15.5 Å². The molecule has 2 N–H and O–H groups in total. The first-order valence-corrected chi connectivity index (χ1v) is 7.91. The summed E-state index contributed by atoms with van der Waals surface area (Å²) in [5.74, 6) is 0.313. The average molecular weight is 320 g/mol. The number of amides is 2. The van der Waals surface area contributed by atoms with Gasteiger partial charge in [0.15, 0.2) is 0 Å². The molecule has 126 valence electrons. The summed E-state index contributed by atoms with van der Waals surface area (Å²) in [6.45, 7) is 7.96. The minimum Gasteiger partial charge on any atom is -0.372 e. The lowest BCUT2D eigenvalue weighted by molar-refractivity contribution is -0.120. The molecule has 0 aliphatic carbocycles. The summed E-state index contributed by atoms with van der Waals surface area (Å²) in [5.41, 5.74) is 0.437. The maximum absolute atomic E-state index is 12.0. The van der Waals surface area contributed by atoms with E-state index in [1.807, 2.05) is 26.8 Å². The van der Waals surface area contributed by atoms with E-state index >= 15 is 0 Å². The van der Waals surface area contributed by atoms with E-state index in [1.54, 1.807) is 6.07 Å². The molecule has 0 saturated carbocycles. The van der Waals surface area contributed by atoms with Gasteiger partial charge in [0.05, 0.1) is 24.3 Å². The Morgan fingerprint density at radius 1 is 1.26 bits per heavy atom. The molecule has 1 aromatic heterocycles. The van der Waals surface area contributed by atoms with Crippen LogP contribution in [0, 0.1) is 0 Å². The lowest BCUT2D eigenvalue weighted by Crippen LogP contribution is -2.45. The van der Waals surface area contributed by atoms with Crippen LogP contribution in [0.4, 0.5) is 5.82 Å². The zero-order valence-electron chi connectivity index (χ0n) is 13.8. The van der Waals surface area contributed by atoms with E-state index in [0.717, 1.165) is 18.9 Å². The number of carbonyl (C=O) groups is 2. The zero-order valence-corrected chi connectivity index (χ0v) is 13.8. The number of rotatable bonds is 5. The molecule has 2 rings (SSSR count). The second kappa shape index (κ2) is 7.92. The fraction of sp³-hybridized carbons (Fsp3) is 0.562. The summed E-state index contributed by atoms with van der Waals surface area (Å²) in [5, 5.41) is 5.20. The van der Waals surface area contributed by atoms with Crippen LogP contribution in [0.2, 0.25) is 0 Å². The van der Waals surface area contributed by atoms with Crippen molar-refractivity contribution in [2.75, 3.05) is 31.1 Å². The number of morpholine rings is 1. The van der Waals surface area contributed by atoms with Gasteiger partial charge >= 0.3 is 0 Å². The first-order chi connectivity index (χ1) is 11.0. The molecule has 1 fully saturated rings. The molecule has 2 heterocycles. The highest BCUT2D eigenvalue weighted by Crippen LogP contribution is 2.18. The number of ether oxygens (including phenoxy) is 1. The molecule has 0 unspecified atom stereocenters. The quantitative estimate of drug-likeness (QED) is 0.828. The number of hydrogen-bond donors (Lipinski definition) is 2. The number of nitrogens with one attached hydrogen (secondary N) is 2. The first-order valence-electron chi connectivity index (χ1n) is 7.91. The van der Waals surface area contributed by atoms with Gasteiger partial charge in [-0.3, -0.25) is 9.59 Å². The van der Waals surface area contributed by atoms with Crippen LogP contribution in [0.15, 0.2) is 18.3 Å². The Balaban J connectivity index is 1.93. The van der Waals surface area contributed by atoms with E-state index < -0.39 is 0 Å². The van der Waals surface area contributed by atoms with Crippen molar-refractivity contribution >= 4 is 17.6 Å². The van der Waals surface area contributed by atoms with E-state index in [-0.39, 0.29) is 30.6 Å². The second-order valence-electron chi connectivity index (χ2n) is 5.70. The van der Waals surface area contributed by atoms with Crippen LogP contribution in [0.25, 0.3) is 0 Å². The molecular formula is C16H24N4O3. The van der Waals surface area contributed by atoms with Crippen LogP contribution in [0.5, 0.6) is 0 Å². The highest BCUT2D eigenvalue weighted by Gasteiger charge is 2.23. The van der Waals surface area contributed by atoms with Crippen molar-refractivity contribution in [2.45, 2.75) is 33.0 Å². The largest absolute Gasteiger partial charge is 0.372 e. The SMILES string of the molecule is CCNC(=O)CNC(=O)c1ccc(N2C[C@H](C)O[C@@H](C)C2)nc1. The predicted molar refractivity (Wildman–Crippen MR) is 87.5 cm³/mol. The highest BCUT2D eigenvalue weighted by molar-refractivity contribution is 5.96. The van der Waals surface area contributed by atoms with Crippen LogP contribution in [-0.2, 0) is 9.53 Å². The fourth-order valence-electron chi connectivity index (χ4n) is 2.59. The van der Waals surface area contributed by atoms with Gasteiger partial charge in [-0.1, -0.05) is 0 Å². The Kier molecular flexibility index (Phi) is 5.92. The van der Waals surface area contributed by atoms with Crippen LogP contribution in [0.1, 0.15) is 31.1 Å². The van der Waals surface area contributed by atoms with Gasteiger partial charge in [0, 0.05) is 25.8 Å². The lowest BCUT2D eigenvalue weighted by atomic mass is 10.2. The Morgan fingerprint density at radius 2 is 1.96 bits per heavy atom. The molecule has 7 heteroatoms. The smallest absolute Gasteiger partial charge is 0.253 e. The Bertz CT molecular complexity index is 537. The van der Waals surface area contributed by atoms with Gasteiger partial charge in [-0.05, 0) is 32.9 Å². The molecule has 2 atom stereocenters. The third-order valence-corrected chi connectivity index (χ3v) is 3.54. The standard InChI is InChI=1S/C16H24N4O3/c1-4-17-15(21)8-19-16(22)13-5-6-14(18-7-13)20-9-11(2)23-12(3)10-20/h5-7,11-12H,4,8-10H2,1-3H3,(H,17,21)(H,19,22)/t11-,12-/m0/s1. The third-order valence-electron chi connectivity index (χ3n) is 3.54. The summed E-state index contributed by atoms with van der Waals surface area (Å²) < 4.78 is 5.70. The number of likely N-dealkylation sites (N-methyl/N-ethyl adjacent to an activating group) is 1. The molecule has 7 nitrogen and oxygen atoms in total. The monoisotopic (exact) mass is 320 g/mol. The van der Waals surface area contributed by atoms with Gasteiger partial charge in [-0.15, -0.1) is 0 Å². The Morgan fingerprint density at radius 3 is 2.52 bits per heavy atom. The molecule has 1 aliphatic heterocycles. The van der Waals surface area contributed by atoms with E-state index in [9.17, 15) is 9.59 Å². The summed E-state index contributed by atoms with van der Waals surface area (Å²) in [7, 11) is 0. The van der Waals surface area contributed by atoms with Crippen LogP contribution >= 0.6 is 0 Å². The van der Waals surface area contributed by atoms with Gasteiger partial charge in [0.25, 0.3) is 5.91 Å². The molecule has 0 bridgehead atoms. The Hall–Kier alpha value is -2.15. The fourth-order valence-corrected chi connectivity index (χ4v) is 2.59. The maximum atomic E-state index is 12.0. The van der Waals surface area contributed by atoms with Gasteiger partial charge in [-0.25, -0.2) is 4.98 Å². The van der Waals surface area contributed by atoms with Crippen LogP contribution in [0.3, 0.4) is 0 Å². The average Bonchev–Trinajstić information content (AvgIpc) is 2.52. The van der Waals surface area contributed by atoms with Crippen molar-refractivity contribution in [1.29, 1.82) is 0 Å². The van der Waals surface area contributed by atoms with E-state index in [2.05, 4.69) is 20.5 Å². The van der Waals surface area contributed by atoms with E-state index in [0.29, 0.717) is 12.1 Å². The number of carbonyl (C=O) groups excluding carboxylic acids is 2. The summed E-state index contributed by atoms with van der Waals surface area (Å²) in [6, 6.07) is 3.55. The number of pyridine rings is 1. The van der Waals surface area contributed by atoms with Gasteiger partial charge < -0.3 is 20.3 Å². The summed E-state index contributed by atoms with van der Waals surface area (Å²) >= 11 is 0. The molecule has 1 aromatic rings. The molecule has 2 amide bonds. The molecule has 0 radical (unpaired) electrons. The Labute approximate surface area is 136 Å². The van der Waals surface area contributed by atoms with Crippen molar-refractivity contribution in [3.63, 3.8) is 0 Å². The molecule has 0 aromatic carbocycles. The van der Waals surface area contributed by atoms with Gasteiger partial charge in [0.1, 0.15) is 5.82 Å². The van der Waals surface area contributed by atoms with E-state index in [1.165, 1.54) is 6.20 Å². The maximum Gasteiger partial charge on any atom is 0.253 e. The van der Waals surface area contributed by atoms with E-state index in [4.69, 9.17) is 4.74 Å². The number of anilines is 1. The summed E-state index contributed by atoms with van der Waals surface area (Å²) in [4.78, 5) is 29.8. The molecule has 23 heavy (non-hydrogen) atoms. The summed E-state index contributed by atoms with van der Waals surface area (Å²) in [6.07, 6.45) is 1.84. The highest BCUT2D eigenvalue weighted by atomic mass is 16.5. The number of aromatic nitrogens is 1. The van der Waals surface area contributed by atoms with Crippen LogP contribution in [-0.4, -0.2) is 55.2 Å². The van der Waals surface area contributed by atoms with Crippen molar-refractivity contribution in [2.24, 2.45) is 0 Å². The predicted octanol–water partition coefficient (Wildman–Crippen LogP) is 0.561. The molecule has 0 spiro atoms.